The summed E-state index contributed by atoms with van der Waals surface area (Å²) in [5.41, 5.74) is 0.280. The van der Waals surface area contributed by atoms with E-state index in [4.69, 9.17) is 5.26 Å². The first-order valence-corrected chi connectivity index (χ1v) is 8.84. The molecule has 1 aromatic heterocycles. The minimum Gasteiger partial charge on any atom is -0.384 e. The van der Waals surface area contributed by atoms with Gasteiger partial charge in [-0.3, -0.25) is 0 Å². The molecule has 0 spiro atoms. The maximum Gasteiger partial charge on any atom is 0.177 e. The molecule has 3 rings (SSSR count). The van der Waals surface area contributed by atoms with Gasteiger partial charge in [0.15, 0.2) is 23.1 Å². The van der Waals surface area contributed by atoms with Crippen molar-refractivity contribution in [3.63, 3.8) is 0 Å². The number of aromatic nitrogens is 2. The summed E-state index contributed by atoms with van der Waals surface area (Å²) in [6.07, 6.45) is -0.271. The van der Waals surface area contributed by atoms with E-state index in [9.17, 15) is 26.3 Å². The van der Waals surface area contributed by atoms with E-state index in [1.807, 2.05) is 36.4 Å². The van der Waals surface area contributed by atoms with Crippen LogP contribution in [0.2, 0.25) is 0 Å². The zero-order valence-electron chi connectivity index (χ0n) is 16.7. The lowest BCUT2D eigenvalue weighted by Gasteiger charge is -2.31. The fourth-order valence-electron chi connectivity index (χ4n) is 3.21. The van der Waals surface area contributed by atoms with Gasteiger partial charge in [0, 0.05) is 14.1 Å². The second-order valence-electron chi connectivity index (χ2n) is 6.27. The van der Waals surface area contributed by atoms with E-state index < -0.39 is 6.04 Å². The van der Waals surface area contributed by atoms with Gasteiger partial charge in [-0.05, 0) is 0 Å². The number of anilines is 2. The summed E-state index contributed by atoms with van der Waals surface area (Å²) in [4.78, 5) is 18.5. The quantitative estimate of drug-likeness (QED) is 0.715. The predicted octanol–water partition coefficient (Wildman–Crippen LogP) is 1.86. The van der Waals surface area contributed by atoms with E-state index in [0.717, 1.165) is 0 Å². The third-order valence-electron chi connectivity index (χ3n) is 4.59. The molecule has 0 bridgehead atoms. The number of nitrogens with one attached hydrogen (secondary N) is 1. The van der Waals surface area contributed by atoms with Crippen molar-refractivity contribution in [3.8, 4) is 36.4 Å². The molecule has 2 heterocycles. The van der Waals surface area contributed by atoms with Gasteiger partial charge in [-0.25, -0.2) is 20.0 Å². The Morgan fingerprint density at radius 1 is 1.03 bits per heavy atom. The smallest absolute Gasteiger partial charge is 0.177 e. The van der Waals surface area contributed by atoms with Gasteiger partial charge < -0.3 is 10.2 Å². The molecular formula is C20H10N12. The van der Waals surface area contributed by atoms with Crippen LogP contribution in [0.25, 0.3) is 11.0 Å². The van der Waals surface area contributed by atoms with Crippen LogP contribution in [0.4, 0.5) is 22.7 Å². The Kier molecular flexibility index (Phi) is 5.58. The second-order valence-corrected chi connectivity index (χ2v) is 6.27. The second kappa shape index (κ2) is 8.44. The van der Waals surface area contributed by atoms with Gasteiger partial charge >= 0.3 is 0 Å². The van der Waals surface area contributed by atoms with Crippen molar-refractivity contribution in [1.29, 1.82) is 31.6 Å². The summed E-state index contributed by atoms with van der Waals surface area (Å²) in [6.45, 7) is 0. The molecule has 1 atom stereocenters. The highest BCUT2D eigenvalue weighted by Crippen LogP contribution is 2.51. The maximum atomic E-state index is 9.60. The van der Waals surface area contributed by atoms with Crippen molar-refractivity contribution < 1.29 is 0 Å². The molecule has 0 saturated carbocycles. The Morgan fingerprint density at radius 2 is 1.69 bits per heavy atom. The van der Waals surface area contributed by atoms with Gasteiger partial charge in [0.05, 0.1) is 29.9 Å². The topological polar surface area (TPSA) is 209 Å². The number of aliphatic imine (C=N–C) groups is 2. The maximum absolute atomic E-state index is 9.60. The molecule has 1 N–H and O–H groups in total. The number of benzene rings is 1. The number of nitrogens with zero attached hydrogens (tertiary/aromatic N) is 11. The summed E-state index contributed by atoms with van der Waals surface area (Å²) < 4.78 is 0. The molecule has 32 heavy (non-hydrogen) atoms. The van der Waals surface area contributed by atoms with E-state index >= 15 is 0 Å². The van der Waals surface area contributed by atoms with E-state index in [-0.39, 0.29) is 63.0 Å². The van der Waals surface area contributed by atoms with Crippen LogP contribution in [0.15, 0.2) is 9.98 Å². The number of hydrogen-bond acceptors (Lipinski definition) is 12. The summed E-state index contributed by atoms with van der Waals surface area (Å²) >= 11 is 0. The highest BCUT2D eigenvalue weighted by Gasteiger charge is 2.34. The predicted molar refractivity (Wildman–Crippen MR) is 112 cm³/mol. The summed E-state index contributed by atoms with van der Waals surface area (Å²) in [5, 5.41) is 59.2. The van der Waals surface area contributed by atoms with Crippen molar-refractivity contribution in [2.24, 2.45) is 9.98 Å². The molecule has 1 aromatic carbocycles. The molecule has 150 valence electrons. The number of hydrogen-bond donors (Lipinski definition) is 1. The Bertz CT molecular complexity index is 1470. The summed E-state index contributed by atoms with van der Waals surface area (Å²) in [6, 6.07) is 10.2. The normalized spacial score (nSPS) is 14.5. The molecular weight excluding hydrogens is 408 g/mol. The van der Waals surface area contributed by atoms with E-state index in [1.165, 1.54) is 4.90 Å². The van der Waals surface area contributed by atoms with Crippen LogP contribution in [-0.2, 0) is 0 Å². The molecule has 1 aliphatic heterocycles. The van der Waals surface area contributed by atoms with Gasteiger partial charge in [-0.1, -0.05) is 0 Å². The van der Waals surface area contributed by atoms with Crippen LogP contribution >= 0.6 is 0 Å². The van der Waals surface area contributed by atoms with Gasteiger partial charge in [-0.15, -0.1) is 0 Å². The van der Waals surface area contributed by atoms with Crippen molar-refractivity contribution in [3.05, 3.63) is 11.4 Å². The third kappa shape index (κ3) is 3.14. The highest BCUT2D eigenvalue weighted by atomic mass is 15.2. The van der Waals surface area contributed by atoms with Crippen LogP contribution in [0.5, 0.6) is 0 Å². The lowest BCUT2D eigenvalue weighted by molar-refractivity contribution is 0.927. The lowest BCUT2D eigenvalue weighted by Crippen LogP contribution is -2.39. The standard InChI is InChI=1S/C20H10N12/c1-27-15-16-17(30-12(7-24)11(6-23)29-16)19-20(18(15)28-10(5-22)3-4-21)32(2)14(9-26)13(8-25)31-19/h14,27H,3H2,1-2H3. The zero-order valence-corrected chi connectivity index (χ0v) is 16.7. The molecule has 12 nitrogen and oxygen atoms in total. The molecule has 1 unspecified atom stereocenters. The molecule has 2 aromatic rings. The number of fused-ring (bicyclic) bond motifs is 3. The lowest BCUT2D eigenvalue weighted by atomic mass is 10.0. The molecule has 0 aliphatic carbocycles. The summed E-state index contributed by atoms with van der Waals surface area (Å²) in [5.74, 6) is 0. The minimum absolute atomic E-state index is 0.103. The Balaban J connectivity index is 2.63. The van der Waals surface area contributed by atoms with Gasteiger partial charge in [-0.2, -0.15) is 31.6 Å². The largest absolute Gasteiger partial charge is 0.384 e. The van der Waals surface area contributed by atoms with Crippen molar-refractivity contribution in [2.45, 2.75) is 12.5 Å². The van der Waals surface area contributed by atoms with Crippen LogP contribution < -0.4 is 10.2 Å². The van der Waals surface area contributed by atoms with E-state index in [2.05, 4.69) is 25.3 Å². The fourth-order valence-corrected chi connectivity index (χ4v) is 3.21. The third-order valence-corrected chi connectivity index (χ3v) is 4.59. The van der Waals surface area contributed by atoms with Crippen molar-refractivity contribution in [2.75, 3.05) is 24.3 Å². The molecule has 12 heteroatoms. The van der Waals surface area contributed by atoms with E-state index in [1.54, 1.807) is 14.1 Å². The molecule has 0 saturated heterocycles. The molecule has 1 aliphatic rings. The first-order valence-electron chi connectivity index (χ1n) is 8.84. The molecule has 0 amide bonds. The zero-order chi connectivity index (χ0) is 23.4. The minimum atomic E-state index is -1.05. The van der Waals surface area contributed by atoms with Gasteiger partial charge in [0.2, 0.25) is 0 Å². The van der Waals surface area contributed by atoms with Crippen molar-refractivity contribution >= 4 is 45.2 Å². The van der Waals surface area contributed by atoms with Crippen molar-refractivity contribution in [1.82, 2.24) is 9.97 Å². The molecule has 0 fully saturated rings. The monoisotopic (exact) mass is 418 g/mol. The average molecular weight is 418 g/mol. The van der Waals surface area contributed by atoms with Gasteiger partial charge in [0.1, 0.15) is 52.4 Å². The Hall–Kier alpha value is -5.56. The first-order chi connectivity index (χ1) is 15.5. The van der Waals surface area contributed by atoms with Crippen LogP contribution in [0.3, 0.4) is 0 Å². The average Bonchev–Trinajstić information content (AvgIpc) is 2.82. The first kappa shape index (κ1) is 21.2. The van der Waals surface area contributed by atoms with Crippen LogP contribution in [0, 0.1) is 68.0 Å². The van der Waals surface area contributed by atoms with Crippen LogP contribution in [0.1, 0.15) is 17.8 Å². The Labute approximate surface area is 181 Å². The number of rotatable bonds is 3. The van der Waals surface area contributed by atoms with Gasteiger partial charge in [0.25, 0.3) is 0 Å². The number of nitriles is 6. The highest BCUT2D eigenvalue weighted by molar-refractivity contribution is 6.19. The Morgan fingerprint density at radius 3 is 2.19 bits per heavy atom. The van der Waals surface area contributed by atoms with Crippen LogP contribution in [-0.4, -0.2) is 41.5 Å². The van der Waals surface area contributed by atoms with E-state index in [0.29, 0.717) is 0 Å². The summed E-state index contributed by atoms with van der Waals surface area (Å²) in [7, 11) is 3.10. The fraction of sp³-hybridized carbons (Fsp3) is 0.200. The molecule has 0 radical (unpaired) electrons. The SMILES string of the molecule is CNc1c(N=C(C#N)CC#N)c2c(c3nc(C#N)c(C#N)nc13)N=C(C#N)C(C#N)N2C.